The normalized spacial score (nSPS) is 16.4. The molecule has 8 heteroatoms. The Bertz CT molecular complexity index is 978. The maximum atomic E-state index is 13.4. The van der Waals surface area contributed by atoms with Gasteiger partial charge in [-0.1, -0.05) is 44.5 Å². The number of nitrogens with zero attached hydrogens (tertiary/aromatic N) is 1. The molecule has 0 bridgehead atoms. The van der Waals surface area contributed by atoms with Crippen LogP contribution in [0.15, 0.2) is 48.5 Å². The molecule has 1 aliphatic rings. The van der Waals surface area contributed by atoms with Crippen LogP contribution in [0.5, 0.6) is 11.5 Å². The molecule has 36 heavy (non-hydrogen) atoms. The number of rotatable bonds is 12. The first-order valence-corrected chi connectivity index (χ1v) is 12.7. The molecule has 2 aromatic carbocycles. The quantitative estimate of drug-likeness (QED) is 0.467. The smallest absolute Gasteiger partial charge is 0.251 e. The number of morpholine rings is 1. The standard InChI is InChI=1S/C28H39N3O5/c1-5-20(3)26(30-27(32)21-10-8-7-9-11-21)28(33)29-19-23(31-14-16-35-17-15-31)22-12-13-24(36-6-2)25(18-22)34-4/h7-13,18,20,23,26H,5-6,14-17,19H2,1-4H3,(H,29,33)(H,30,32). The van der Waals surface area contributed by atoms with Crippen molar-refractivity contribution >= 4 is 11.8 Å². The number of benzene rings is 2. The van der Waals surface area contributed by atoms with Gasteiger partial charge in [-0.2, -0.15) is 0 Å². The topological polar surface area (TPSA) is 89.1 Å². The number of hydrogen-bond donors (Lipinski definition) is 2. The Morgan fingerprint density at radius 1 is 1.06 bits per heavy atom. The SMILES string of the molecule is CCOc1ccc(C(CNC(=O)C(NC(=O)c2ccccc2)C(C)CC)N2CCOCC2)cc1OC. The molecular formula is C28H39N3O5. The molecule has 3 unspecified atom stereocenters. The lowest BCUT2D eigenvalue weighted by atomic mass is 9.97. The molecule has 0 aliphatic carbocycles. The molecule has 0 aromatic heterocycles. The van der Waals surface area contributed by atoms with Crippen LogP contribution in [0.4, 0.5) is 0 Å². The van der Waals surface area contributed by atoms with Crippen molar-refractivity contribution in [1.82, 2.24) is 15.5 Å². The Balaban J connectivity index is 1.78. The number of methoxy groups -OCH3 is 1. The second kappa shape index (κ2) is 13.8. The van der Waals surface area contributed by atoms with E-state index in [9.17, 15) is 9.59 Å². The van der Waals surface area contributed by atoms with Gasteiger partial charge in [-0.05, 0) is 42.7 Å². The molecule has 1 fully saturated rings. The van der Waals surface area contributed by atoms with E-state index < -0.39 is 6.04 Å². The van der Waals surface area contributed by atoms with Crippen LogP contribution < -0.4 is 20.1 Å². The van der Waals surface area contributed by atoms with Gasteiger partial charge in [0.1, 0.15) is 6.04 Å². The van der Waals surface area contributed by atoms with Crippen molar-refractivity contribution in [1.29, 1.82) is 0 Å². The maximum absolute atomic E-state index is 13.4. The average molecular weight is 498 g/mol. The summed E-state index contributed by atoms with van der Waals surface area (Å²) in [5.74, 6) is 0.882. The van der Waals surface area contributed by atoms with Crippen LogP contribution in [-0.2, 0) is 9.53 Å². The van der Waals surface area contributed by atoms with E-state index in [4.69, 9.17) is 14.2 Å². The highest BCUT2D eigenvalue weighted by Gasteiger charge is 2.29. The van der Waals surface area contributed by atoms with Crippen molar-refractivity contribution in [3.8, 4) is 11.5 Å². The summed E-state index contributed by atoms with van der Waals surface area (Å²) < 4.78 is 16.8. The van der Waals surface area contributed by atoms with E-state index in [0.29, 0.717) is 43.4 Å². The predicted molar refractivity (Wildman–Crippen MR) is 139 cm³/mol. The van der Waals surface area contributed by atoms with Crippen LogP contribution >= 0.6 is 0 Å². The zero-order chi connectivity index (χ0) is 25.9. The van der Waals surface area contributed by atoms with Gasteiger partial charge in [0.2, 0.25) is 5.91 Å². The largest absolute Gasteiger partial charge is 0.493 e. The summed E-state index contributed by atoms with van der Waals surface area (Å²) in [5, 5.41) is 6.07. The molecule has 1 saturated heterocycles. The number of ether oxygens (including phenoxy) is 3. The van der Waals surface area contributed by atoms with Gasteiger partial charge in [0.25, 0.3) is 5.91 Å². The van der Waals surface area contributed by atoms with Gasteiger partial charge < -0.3 is 24.8 Å². The van der Waals surface area contributed by atoms with E-state index in [1.165, 1.54) is 0 Å². The number of carbonyl (C=O) groups is 2. The van der Waals surface area contributed by atoms with Crippen LogP contribution in [0.25, 0.3) is 0 Å². The minimum atomic E-state index is -0.636. The van der Waals surface area contributed by atoms with E-state index in [1.807, 2.05) is 57.2 Å². The van der Waals surface area contributed by atoms with Crippen LogP contribution in [0.3, 0.4) is 0 Å². The van der Waals surface area contributed by atoms with Crippen molar-refractivity contribution in [2.45, 2.75) is 39.3 Å². The van der Waals surface area contributed by atoms with Gasteiger partial charge in [-0.15, -0.1) is 0 Å². The highest BCUT2D eigenvalue weighted by molar-refractivity contribution is 5.97. The van der Waals surface area contributed by atoms with Gasteiger partial charge in [-0.3, -0.25) is 14.5 Å². The van der Waals surface area contributed by atoms with Crippen LogP contribution in [-0.4, -0.2) is 69.3 Å². The average Bonchev–Trinajstić information content (AvgIpc) is 2.93. The highest BCUT2D eigenvalue weighted by Crippen LogP contribution is 2.32. The summed E-state index contributed by atoms with van der Waals surface area (Å²) in [6.45, 7) is 9.67. The van der Waals surface area contributed by atoms with Gasteiger partial charge in [0.05, 0.1) is 33.0 Å². The lowest BCUT2D eigenvalue weighted by Gasteiger charge is -2.35. The molecule has 3 atom stereocenters. The lowest BCUT2D eigenvalue weighted by molar-refractivity contribution is -0.124. The van der Waals surface area contributed by atoms with Crippen molar-refractivity contribution in [3.63, 3.8) is 0 Å². The molecule has 1 aliphatic heterocycles. The summed E-state index contributed by atoms with van der Waals surface area (Å²) >= 11 is 0. The molecule has 8 nitrogen and oxygen atoms in total. The first-order valence-electron chi connectivity index (χ1n) is 12.7. The monoisotopic (exact) mass is 497 g/mol. The molecule has 1 heterocycles. The minimum absolute atomic E-state index is 0.0231. The number of nitrogens with one attached hydrogen (secondary N) is 2. The fraction of sp³-hybridized carbons (Fsp3) is 0.500. The third-order valence-corrected chi connectivity index (χ3v) is 6.65. The fourth-order valence-electron chi connectivity index (χ4n) is 4.34. The summed E-state index contributed by atoms with van der Waals surface area (Å²) in [6.07, 6.45) is 0.760. The highest BCUT2D eigenvalue weighted by atomic mass is 16.5. The third-order valence-electron chi connectivity index (χ3n) is 6.65. The molecule has 0 saturated carbocycles. The summed E-state index contributed by atoms with van der Waals surface area (Å²) in [4.78, 5) is 28.5. The van der Waals surface area contributed by atoms with E-state index >= 15 is 0 Å². The Morgan fingerprint density at radius 2 is 1.78 bits per heavy atom. The van der Waals surface area contributed by atoms with Gasteiger partial charge in [-0.25, -0.2) is 0 Å². The first kappa shape index (κ1) is 27.5. The van der Waals surface area contributed by atoms with Crippen LogP contribution in [0, 0.1) is 5.92 Å². The number of hydrogen-bond acceptors (Lipinski definition) is 6. The van der Waals surface area contributed by atoms with Crippen molar-refractivity contribution in [2.75, 3.05) is 46.6 Å². The molecule has 0 radical (unpaired) electrons. The minimum Gasteiger partial charge on any atom is -0.493 e. The van der Waals surface area contributed by atoms with Crippen LogP contribution in [0.1, 0.15) is 49.2 Å². The van der Waals surface area contributed by atoms with Crippen molar-refractivity contribution < 1.29 is 23.8 Å². The van der Waals surface area contributed by atoms with Crippen molar-refractivity contribution in [2.24, 2.45) is 5.92 Å². The zero-order valence-electron chi connectivity index (χ0n) is 21.8. The number of carbonyl (C=O) groups excluding carboxylic acids is 2. The van der Waals surface area contributed by atoms with E-state index in [1.54, 1.807) is 19.2 Å². The lowest BCUT2D eigenvalue weighted by Crippen LogP contribution is -2.52. The van der Waals surface area contributed by atoms with E-state index in [-0.39, 0.29) is 23.8 Å². The first-order chi connectivity index (χ1) is 17.5. The summed E-state index contributed by atoms with van der Waals surface area (Å²) in [6, 6.07) is 14.2. The molecule has 0 spiro atoms. The Hall–Kier alpha value is -3.10. The zero-order valence-corrected chi connectivity index (χ0v) is 21.8. The molecule has 2 amide bonds. The Labute approximate surface area is 214 Å². The van der Waals surface area contributed by atoms with Crippen molar-refractivity contribution in [3.05, 3.63) is 59.7 Å². The maximum Gasteiger partial charge on any atom is 0.251 e. The van der Waals surface area contributed by atoms with Gasteiger partial charge in [0, 0.05) is 25.2 Å². The second-order valence-corrected chi connectivity index (χ2v) is 8.96. The summed E-state index contributed by atoms with van der Waals surface area (Å²) in [7, 11) is 1.62. The van der Waals surface area contributed by atoms with Crippen LogP contribution in [0.2, 0.25) is 0 Å². The van der Waals surface area contributed by atoms with E-state index in [2.05, 4.69) is 15.5 Å². The molecule has 196 valence electrons. The Kier molecular flexibility index (Phi) is 10.6. The van der Waals surface area contributed by atoms with Gasteiger partial charge in [0.15, 0.2) is 11.5 Å². The molecule has 3 rings (SSSR count). The number of amides is 2. The second-order valence-electron chi connectivity index (χ2n) is 8.96. The fourth-order valence-corrected chi connectivity index (χ4v) is 4.34. The molecule has 2 aromatic rings. The summed E-state index contributed by atoms with van der Waals surface area (Å²) in [5.41, 5.74) is 1.55. The van der Waals surface area contributed by atoms with Gasteiger partial charge >= 0.3 is 0 Å². The third kappa shape index (κ3) is 7.21. The van der Waals surface area contributed by atoms with E-state index in [0.717, 1.165) is 25.1 Å². The Morgan fingerprint density at radius 3 is 2.42 bits per heavy atom. The molecule has 2 N–H and O–H groups in total. The predicted octanol–water partition coefficient (Wildman–Crippen LogP) is 3.43. The molecular weight excluding hydrogens is 458 g/mol.